The van der Waals surface area contributed by atoms with Crippen LogP contribution in [0.25, 0.3) is 0 Å². The van der Waals surface area contributed by atoms with Crippen LogP contribution in [0.5, 0.6) is 0 Å². The third-order valence-corrected chi connectivity index (χ3v) is 5.81. The van der Waals surface area contributed by atoms with Gasteiger partial charge in [0.2, 0.25) is 5.91 Å². The van der Waals surface area contributed by atoms with E-state index in [1.807, 2.05) is 28.5 Å². The molecule has 0 aliphatic heterocycles. The summed E-state index contributed by atoms with van der Waals surface area (Å²) in [6.45, 7) is 13.4. The number of carbonyl (C=O) groups excluding carboxylic acids is 1. The average Bonchev–Trinajstić information content (AvgIpc) is 3.32. The molecular formula is C20H27N7OS2. The van der Waals surface area contributed by atoms with Gasteiger partial charge in [-0.3, -0.25) is 19.1 Å². The highest BCUT2D eigenvalue weighted by Gasteiger charge is 2.17. The highest BCUT2D eigenvalue weighted by molar-refractivity contribution is 7.71. The number of H-pyrrole nitrogens is 1. The molecule has 3 rings (SSSR count). The monoisotopic (exact) mass is 445 g/mol. The molecule has 0 unspecified atom stereocenters. The number of nitrogens with zero attached hydrogens (tertiary/aromatic N) is 5. The first-order valence-electron chi connectivity index (χ1n) is 9.80. The molecule has 0 aliphatic carbocycles. The van der Waals surface area contributed by atoms with E-state index in [-0.39, 0.29) is 12.3 Å². The largest absolute Gasteiger partial charge is 0.302 e. The number of amides is 1. The number of aromatic nitrogens is 6. The molecule has 0 aliphatic rings. The zero-order chi connectivity index (χ0) is 21.8. The average molecular weight is 446 g/mol. The van der Waals surface area contributed by atoms with Crippen LogP contribution in [0.3, 0.4) is 0 Å². The summed E-state index contributed by atoms with van der Waals surface area (Å²) in [5.41, 5.74) is 3.74. The minimum absolute atomic E-state index is 0.0967. The van der Waals surface area contributed by atoms with Crippen LogP contribution < -0.4 is 5.32 Å². The van der Waals surface area contributed by atoms with Gasteiger partial charge in [-0.05, 0) is 32.0 Å². The van der Waals surface area contributed by atoms with E-state index in [1.165, 1.54) is 11.3 Å². The normalized spacial score (nSPS) is 11.2. The van der Waals surface area contributed by atoms with Crippen LogP contribution in [0, 0.1) is 24.5 Å². The van der Waals surface area contributed by atoms with E-state index in [0.29, 0.717) is 28.8 Å². The van der Waals surface area contributed by atoms with Crippen molar-refractivity contribution in [1.29, 1.82) is 0 Å². The lowest BCUT2D eigenvalue weighted by Gasteiger charge is -2.08. The second kappa shape index (κ2) is 9.48. The zero-order valence-corrected chi connectivity index (χ0v) is 19.4. The molecular weight excluding hydrogens is 418 g/mol. The van der Waals surface area contributed by atoms with Crippen LogP contribution in [0.4, 0.5) is 5.13 Å². The summed E-state index contributed by atoms with van der Waals surface area (Å²) in [4.78, 5) is 17.1. The lowest BCUT2D eigenvalue weighted by molar-refractivity contribution is -0.115. The van der Waals surface area contributed by atoms with Crippen molar-refractivity contribution in [3.05, 3.63) is 51.3 Å². The minimum Gasteiger partial charge on any atom is -0.302 e. The fraction of sp³-hybridized carbons (Fsp3) is 0.450. The molecule has 2 N–H and O–H groups in total. The molecule has 0 fully saturated rings. The van der Waals surface area contributed by atoms with Crippen LogP contribution in [0.15, 0.2) is 18.0 Å². The summed E-state index contributed by atoms with van der Waals surface area (Å²) in [7, 11) is 0. The number of anilines is 1. The van der Waals surface area contributed by atoms with Crippen molar-refractivity contribution in [3.63, 3.8) is 0 Å². The Morgan fingerprint density at radius 2 is 2.20 bits per heavy atom. The van der Waals surface area contributed by atoms with Crippen molar-refractivity contribution < 1.29 is 4.79 Å². The third-order valence-electron chi connectivity index (χ3n) is 4.69. The van der Waals surface area contributed by atoms with Crippen LogP contribution in [-0.2, 0) is 30.7 Å². The molecule has 0 atom stereocenters. The van der Waals surface area contributed by atoms with Gasteiger partial charge in [0, 0.05) is 29.7 Å². The fourth-order valence-corrected chi connectivity index (χ4v) is 4.20. The van der Waals surface area contributed by atoms with Gasteiger partial charge in [-0.25, -0.2) is 4.98 Å². The number of nitrogens with one attached hydrogen (secondary N) is 2. The van der Waals surface area contributed by atoms with Crippen molar-refractivity contribution in [2.45, 2.75) is 53.6 Å². The quantitative estimate of drug-likeness (QED) is 0.386. The highest BCUT2D eigenvalue weighted by atomic mass is 32.1. The van der Waals surface area contributed by atoms with Crippen molar-refractivity contribution in [3.8, 4) is 0 Å². The van der Waals surface area contributed by atoms with Gasteiger partial charge in [-0.2, -0.15) is 10.2 Å². The standard InChI is InChI=1S/C20H27N7OS2/c1-6-7-26-17(23-24-20(26)29)8-15-11-30-19(21-15)22-18(28)9-16-13(4)25-27(14(16)5)10-12(2)3/h6,11-12H,1,7-10H2,2-5H3,(H,24,29)(H,21,22,28). The number of aryl methyl sites for hydroxylation is 1. The topological polar surface area (TPSA) is 93.4 Å². The number of thiazole rings is 1. The molecule has 3 aromatic heterocycles. The van der Waals surface area contributed by atoms with Gasteiger partial charge in [0.05, 0.1) is 24.2 Å². The fourth-order valence-electron chi connectivity index (χ4n) is 3.25. The first kappa shape index (κ1) is 22.1. The van der Waals surface area contributed by atoms with E-state index in [1.54, 1.807) is 6.08 Å². The Morgan fingerprint density at radius 3 is 2.90 bits per heavy atom. The van der Waals surface area contributed by atoms with Crippen LogP contribution in [0.1, 0.15) is 42.3 Å². The number of hydrogen-bond donors (Lipinski definition) is 2. The molecule has 10 heteroatoms. The number of allylic oxidation sites excluding steroid dienone is 1. The van der Waals surface area contributed by atoms with Gasteiger partial charge in [-0.1, -0.05) is 19.9 Å². The van der Waals surface area contributed by atoms with Gasteiger partial charge in [0.15, 0.2) is 9.90 Å². The van der Waals surface area contributed by atoms with Gasteiger partial charge in [0.25, 0.3) is 0 Å². The second-order valence-electron chi connectivity index (χ2n) is 7.62. The predicted molar refractivity (Wildman–Crippen MR) is 121 cm³/mol. The van der Waals surface area contributed by atoms with Gasteiger partial charge >= 0.3 is 0 Å². The van der Waals surface area contributed by atoms with Crippen LogP contribution >= 0.6 is 23.6 Å². The molecule has 0 aromatic carbocycles. The number of aromatic amines is 1. The summed E-state index contributed by atoms with van der Waals surface area (Å²) in [6.07, 6.45) is 2.57. The van der Waals surface area contributed by atoms with Crippen molar-refractivity contribution in [2.24, 2.45) is 5.92 Å². The summed E-state index contributed by atoms with van der Waals surface area (Å²) in [6, 6.07) is 0. The van der Waals surface area contributed by atoms with E-state index in [0.717, 1.165) is 35.0 Å². The maximum atomic E-state index is 12.6. The molecule has 0 saturated carbocycles. The van der Waals surface area contributed by atoms with E-state index in [2.05, 4.69) is 46.0 Å². The predicted octanol–water partition coefficient (Wildman–Crippen LogP) is 3.82. The SMILES string of the molecule is C=CCn1c(Cc2csc(NC(=O)Cc3c(C)nn(CC(C)C)c3C)n2)n[nH]c1=S. The maximum Gasteiger partial charge on any atom is 0.230 e. The summed E-state index contributed by atoms with van der Waals surface area (Å²) in [5, 5.41) is 17.0. The Bertz CT molecular complexity index is 1100. The Morgan fingerprint density at radius 1 is 1.43 bits per heavy atom. The minimum atomic E-state index is -0.0967. The molecule has 1 amide bonds. The first-order chi connectivity index (χ1) is 14.3. The van der Waals surface area contributed by atoms with Gasteiger partial charge < -0.3 is 5.32 Å². The summed E-state index contributed by atoms with van der Waals surface area (Å²) >= 11 is 6.64. The molecule has 160 valence electrons. The Kier molecular flexibility index (Phi) is 6.99. The van der Waals surface area contributed by atoms with Crippen molar-refractivity contribution in [1.82, 2.24) is 29.5 Å². The summed E-state index contributed by atoms with van der Waals surface area (Å²) < 4.78 is 4.41. The number of carbonyl (C=O) groups is 1. The molecule has 30 heavy (non-hydrogen) atoms. The van der Waals surface area contributed by atoms with E-state index in [9.17, 15) is 4.79 Å². The molecule has 0 radical (unpaired) electrons. The Balaban J connectivity index is 1.65. The molecule has 0 saturated heterocycles. The molecule has 8 nitrogen and oxygen atoms in total. The van der Waals surface area contributed by atoms with E-state index >= 15 is 0 Å². The van der Waals surface area contributed by atoms with E-state index < -0.39 is 0 Å². The molecule has 3 aromatic rings. The summed E-state index contributed by atoms with van der Waals surface area (Å²) in [5.74, 6) is 1.18. The molecule has 0 spiro atoms. The lowest BCUT2D eigenvalue weighted by atomic mass is 10.1. The van der Waals surface area contributed by atoms with Crippen molar-refractivity contribution in [2.75, 3.05) is 5.32 Å². The van der Waals surface area contributed by atoms with Gasteiger partial charge in [0.1, 0.15) is 5.82 Å². The molecule has 0 bridgehead atoms. The first-order valence-corrected chi connectivity index (χ1v) is 11.1. The Labute approximate surface area is 185 Å². The number of rotatable bonds is 9. The third kappa shape index (κ3) is 5.11. The van der Waals surface area contributed by atoms with Gasteiger partial charge in [-0.15, -0.1) is 17.9 Å². The lowest BCUT2D eigenvalue weighted by Crippen LogP contribution is -2.15. The van der Waals surface area contributed by atoms with Crippen LogP contribution in [-0.4, -0.2) is 35.4 Å². The molecule has 3 heterocycles. The Hall–Kier alpha value is -2.59. The van der Waals surface area contributed by atoms with Crippen LogP contribution in [0.2, 0.25) is 0 Å². The number of hydrogen-bond acceptors (Lipinski definition) is 6. The second-order valence-corrected chi connectivity index (χ2v) is 8.86. The smallest absolute Gasteiger partial charge is 0.230 e. The maximum absolute atomic E-state index is 12.6. The van der Waals surface area contributed by atoms with E-state index in [4.69, 9.17) is 12.2 Å². The zero-order valence-electron chi connectivity index (χ0n) is 17.7. The van der Waals surface area contributed by atoms with Crippen molar-refractivity contribution >= 4 is 34.6 Å². The highest BCUT2D eigenvalue weighted by Crippen LogP contribution is 2.20.